The maximum atomic E-state index is 12.0. The van der Waals surface area contributed by atoms with Crippen LogP contribution in [0.3, 0.4) is 0 Å². The van der Waals surface area contributed by atoms with Crippen molar-refractivity contribution < 1.29 is 19.0 Å². The van der Waals surface area contributed by atoms with Gasteiger partial charge in [-0.25, -0.2) is 0 Å². The number of halogens is 1. The van der Waals surface area contributed by atoms with Crippen LogP contribution in [0.4, 0.5) is 0 Å². The lowest BCUT2D eigenvalue weighted by atomic mass is 9.98. The topological polar surface area (TPSA) is 72.4 Å². The summed E-state index contributed by atoms with van der Waals surface area (Å²) in [6.07, 6.45) is 5.30. The SMILES string of the molecule is CCNC(=NCCCOCC1CCCO1)N1CCCC(C(=O)OCC)C1.I. The van der Waals surface area contributed by atoms with Crippen LogP contribution in [-0.2, 0) is 19.0 Å². The van der Waals surface area contributed by atoms with Crippen molar-refractivity contribution in [1.29, 1.82) is 0 Å². The number of piperidine rings is 1. The monoisotopic (exact) mass is 497 g/mol. The van der Waals surface area contributed by atoms with Gasteiger partial charge < -0.3 is 24.4 Å². The van der Waals surface area contributed by atoms with E-state index in [-0.39, 0.29) is 42.0 Å². The minimum atomic E-state index is -0.0874. The second kappa shape index (κ2) is 14.4. The number of nitrogens with zero attached hydrogens (tertiary/aromatic N) is 2. The fourth-order valence-corrected chi connectivity index (χ4v) is 3.39. The van der Waals surface area contributed by atoms with Crippen LogP contribution in [0, 0.1) is 5.92 Å². The zero-order chi connectivity index (χ0) is 18.6. The molecule has 0 radical (unpaired) electrons. The summed E-state index contributed by atoms with van der Waals surface area (Å²) in [4.78, 5) is 18.9. The Morgan fingerprint density at radius 3 is 2.85 bits per heavy atom. The van der Waals surface area contributed by atoms with Crippen LogP contribution >= 0.6 is 24.0 Å². The van der Waals surface area contributed by atoms with Gasteiger partial charge in [-0.2, -0.15) is 0 Å². The molecule has 2 atom stereocenters. The summed E-state index contributed by atoms with van der Waals surface area (Å²) in [6, 6.07) is 0. The Labute approximate surface area is 180 Å². The van der Waals surface area contributed by atoms with E-state index in [0.717, 1.165) is 57.8 Å². The Bertz CT molecular complexity index is 445. The van der Waals surface area contributed by atoms with E-state index < -0.39 is 0 Å². The average molecular weight is 497 g/mol. The molecule has 1 N–H and O–H groups in total. The quantitative estimate of drug-likeness (QED) is 0.174. The van der Waals surface area contributed by atoms with Crippen LogP contribution in [-0.4, -0.2) is 75.5 Å². The second-order valence-corrected chi connectivity index (χ2v) is 6.84. The van der Waals surface area contributed by atoms with Crippen molar-refractivity contribution in [3.05, 3.63) is 0 Å². The van der Waals surface area contributed by atoms with Crippen LogP contribution in [0.2, 0.25) is 0 Å². The van der Waals surface area contributed by atoms with Crippen LogP contribution in [0.15, 0.2) is 4.99 Å². The summed E-state index contributed by atoms with van der Waals surface area (Å²) in [5.41, 5.74) is 0. The van der Waals surface area contributed by atoms with E-state index in [1.807, 2.05) is 6.92 Å². The molecular formula is C19H36IN3O4. The lowest BCUT2D eigenvalue weighted by Gasteiger charge is -2.34. The van der Waals surface area contributed by atoms with E-state index in [9.17, 15) is 4.79 Å². The molecule has 2 aliphatic rings. The normalized spacial score (nSPS) is 23.0. The molecule has 2 fully saturated rings. The predicted octanol–water partition coefficient (Wildman–Crippen LogP) is 2.43. The molecule has 8 heteroatoms. The molecule has 0 aliphatic carbocycles. The van der Waals surface area contributed by atoms with Crippen LogP contribution < -0.4 is 5.32 Å². The van der Waals surface area contributed by atoms with Gasteiger partial charge >= 0.3 is 5.97 Å². The van der Waals surface area contributed by atoms with E-state index >= 15 is 0 Å². The maximum absolute atomic E-state index is 12.0. The average Bonchev–Trinajstić information content (AvgIpc) is 3.17. The Kier molecular flexibility index (Phi) is 13.0. The third kappa shape index (κ3) is 8.95. The number of likely N-dealkylation sites (tertiary alicyclic amines) is 1. The Hall–Kier alpha value is -0.610. The number of carbonyl (C=O) groups is 1. The molecular weight excluding hydrogens is 461 g/mol. The van der Waals surface area contributed by atoms with Gasteiger partial charge in [-0.05, 0) is 46.0 Å². The van der Waals surface area contributed by atoms with Crippen LogP contribution in [0.1, 0.15) is 46.0 Å². The molecule has 0 aromatic rings. The van der Waals surface area contributed by atoms with Gasteiger partial charge in [-0.3, -0.25) is 9.79 Å². The highest BCUT2D eigenvalue weighted by molar-refractivity contribution is 14.0. The summed E-state index contributed by atoms with van der Waals surface area (Å²) in [7, 11) is 0. The highest BCUT2D eigenvalue weighted by Gasteiger charge is 2.28. The summed E-state index contributed by atoms with van der Waals surface area (Å²) in [6.45, 7) is 9.76. The van der Waals surface area contributed by atoms with Gasteiger partial charge in [0.15, 0.2) is 5.96 Å². The Balaban J connectivity index is 0.00000364. The number of guanidine groups is 1. The van der Waals surface area contributed by atoms with Crippen molar-refractivity contribution in [1.82, 2.24) is 10.2 Å². The zero-order valence-electron chi connectivity index (χ0n) is 16.8. The number of carbonyl (C=O) groups excluding carboxylic acids is 1. The number of aliphatic imine (C=N–C) groups is 1. The minimum Gasteiger partial charge on any atom is -0.466 e. The number of ether oxygens (including phenoxy) is 3. The molecule has 0 amide bonds. The van der Waals surface area contributed by atoms with Crippen molar-refractivity contribution >= 4 is 35.9 Å². The number of nitrogens with one attached hydrogen (secondary N) is 1. The fraction of sp³-hybridized carbons (Fsp3) is 0.895. The van der Waals surface area contributed by atoms with Gasteiger partial charge in [0.2, 0.25) is 0 Å². The van der Waals surface area contributed by atoms with Crippen molar-refractivity contribution in [3.8, 4) is 0 Å². The summed E-state index contributed by atoms with van der Waals surface area (Å²) in [5, 5.41) is 3.34. The van der Waals surface area contributed by atoms with E-state index in [1.54, 1.807) is 0 Å². The molecule has 0 saturated carbocycles. The highest BCUT2D eigenvalue weighted by Crippen LogP contribution is 2.18. The lowest BCUT2D eigenvalue weighted by molar-refractivity contribution is -0.149. The molecule has 2 unspecified atom stereocenters. The van der Waals surface area contributed by atoms with Gasteiger partial charge in [-0.1, -0.05) is 0 Å². The van der Waals surface area contributed by atoms with Crippen LogP contribution in [0.25, 0.3) is 0 Å². The molecule has 158 valence electrons. The van der Waals surface area contributed by atoms with Gasteiger partial charge in [0.05, 0.1) is 25.2 Å². The molecule has 2 saturated heterocycles. The van der Waals surface area contributed by atoms with Crippen LogP contribution in [0.5, 0.6) is 0 Å². The molecule has 2 aliphatic heterocycles. The van der Waals surface area contributed by atoms with E-state index in [1.165, 1.54) is 0 Å². The number of rotatable bonds is 9. The van der Waals surface area contributed by atoms with Gasteiger partial charge in [0.1, 0.15) is 0 Å². The first kappa shape index (κ1) is 24.4. The second-order valence-electron chi connectivity index (χ2n) is 6.84. The van der Waals surface area contributed by atoms with Crippen molar-refractivity contribution in [2.24, 2.45) is 10.9 Å². The summed E-state index contributed by atoms with van der Waals surface area (Å²) < 4.78 is 16.4. The van der Waals surface area contributed by atoms with E-state index in [0.29, 0.717) is 32.9 Å². The standard InChI is InChI=1S/C19H35N3O4.HI/c1-3-20-19(21-10-7-12-24-15-17-9-6-13-26-17)22-11-5-8-16(14-22)18(23)25-4-2;/h16-17H,3-15H2,1-2H3,(H,20,21);1H. The molecule has 0 bridgehead atoms. The van der Waals surface area contributed by atoms with Crippen molar-refractivity contribution in [2.75, 3.05) is 52.6 Å². The fourth-order valence-electron chi connectivity index (χ4n) is 3.39. The van der Waals surface area contributed by atoms with E-state index in [2.05, 4.69) is 17.1 Å². The number of hydrogen-bond donors (Lipinski definition) is 1. The zero-order valence-corrected chi connectivity index (χ0v) is 19.1. The lowest BCUT2D eigenvalue weighted by Crippen LogP contribution is -2.48. The first-order valence-electron chi connectivity index (χ1n) is 10.1. The molecule has 27 heavy (non-hydrogen) atoms. The third-order valence-electron chi connectivity index (χ3n) is 4.71. The molecule has 7 nitrogen and oxygen atoms in total. The number of esters is 1. The van der Waals surface area contributed by atoms with Gasteiger partial charge in [0.25, 0.3) is 0 Å². The molecule has 0 aromatic carbocycles. The molecule has 2 rings (SSSR count). The highest BCUT2D eigenvalue weighted by atomic mass is 127. The smallest absolute Gasteiger partial charge is 0.310 e. The maximum Gasteiger partial charge on any atom is 0.310 e. The van der Waals surface area contributed by atoms with Crippen molar-refractivity contribution in [3.63, 3.8) is 0 Å². The van der Waals surface area contributed by atoms with Crippen molar-refractivity contribution in [2.45, 2.75) is 52.1 Å². The Morgan fingerprint density at radius 1 is 1.30 bits per heavy atom. The summed E-state index contributed by atoms with van der Waals surface area (Å²) >= 11 is 0. The number of hydrogen-bond acceptors (Lipinski definition) is 5. The molecule has 0 spiro atoms. The minimum absolute atomic E-state index is 0. The van der Waals surface area contributed by atoms with E-state index in [4.69, 9.17) is 19.2 Å². The Morgan fingerprint density at radius 2 is 2.15 bits per heavy atom. The largest absolute Gasteiger partial charge is 0.466 e. The third-order valence-corrected chi connectivity index (χ3v) is 4.71. The molecule has 0 aromatic heterocycles. The molecule has 2 heterocycles. The predicted molar refractivity (Wildman–Crippen MR) is 117 cm³/mol. The van der Waals surface area contributed by atoms with Gasteiger partial charge in [0, 0.05) is 39.4 Å². The first-order valence-corrected chi connectivity index (χ1v) is 10.1. The first-order chi connectivity index (χ1) is 12.7. The summed E-state index contributed by atoms with van der Waals surface area (Å²) in [5.74, 6) is 0.749. The van der Waals surface area contributed by atoms with Gasteiger partial charge in [-0.15, -0.1) is 24.0 Å².